The Balaban J connectivity index is 2.45. The van der Waals surface area contributed by atoms with Gasteiger partial charge in [0.2, 0.25) is 0 Å². The summed E-state index contributed by atoms with van der Waals surface area (Å²) < 4.78 is 38.5. The molecule has 0 aliphatic carbocycles. The molecule has 0 bridgehead atoms. The Bertz CT molecular complexity index is 715. The second kappa shape index (κ2) is 6.18. The topological polar surface area (TPSA) is 97.0 Å². The molecule has 2 aromatic rings. The van der Waals surface area contributed by atoms with E-state index in [0.717, 1.165) is 6.07 Å². The van der Waals surface area contributed by atoms with Gasteiger partial charge in [-0.2, -0.15) is 18.0 Å². The molecule has 0 fully saturated rings. The van der Waals surface area contributed by atoms with Gasteiger partial charge in [0.15, 0.2) is 5.82 Å². The Hall–Kier alpha value is -2.72. The molecular weight excluding hydrogens is 317 g/mol. The van der Waals surface area contributed by atoms with Gasteiger partial charge in [-0.1, -0.05) is 0 Å². The van der Waals surface area contributed by atoms with E-state index in [-0.39, 0.29) is 30.3 Å². The predicted molar refractivity (Wildman–Crippen MR) is 71.7 cm³/mol. The van der Waals surface area contributed by atoms with Gasteiger partial charge in [0.1, 0.15) is 17.1 Å². The molecule has 0 spiro atoms. The molecule has 0 aliphatic rings. The van der Waals surface area contributed by atoms with Gasteiger partial charge in [-0.25, -0.2) is 9.78 Å². The van der Waals surface area contributed by atoms with E-state index < -0.39 is 17.8 Å². The SMILES string of the molecule is CCN(Cc1nnn(C)n1)c1nc(C(F)(F)F)ccc1C(=O)O. The quantitative estimate of drug-likeness (QED) is 0.883. The van der Waals surface area contributed by atoms with Gasteiger partial charge in [-0.15, -0.1) is 10.2 Å². The maximum Gasteiger partial charge on any atom is 0.433 e. The van der Waals surface area contributed by atoms with E-state index in [2.05, 4.69) is 20.4 Å². The minimum Gasteiger partial charge on any atom is -0.478 e. The smallest absolute Gasteiger partial charge is 0.433 e. The van der Waals surface area contributed by atoms with Crippen LogP contribution in [-0.4, -0.2) is 42.8 Å². The molecule has 23 heavy (non-hydrogen) atoms. The molecule has 0 aliphatic heterocycles. The fraction of sp³-hybridized carbons (Fsp3) is 0.417. The zero-order valence-electron chi connectivity index (χ0n) is 12.2. The first-order valence-corrected chi connectivity index (χ1v) is 6.51. The van der Waals surface area contributed by atoms with Crippen molar-refractivity contribution in [3.05, 3.63) is 29.2 Å². The van der Waals surface area contributed by atoms with Gasteiger partial charge in [-0.3, -0.25) is 0 Å². The molecule has 2 aromatic heterocycles. The number of hydrogen-bond donors (Lipinski definition) is 1. The van der Waals surface area contributed by atoms with Crippen molar-refractivity contribution in [2.24, 2.45) is 7.05 Å². The zero-order chi connectivity index (χ0) is 17.2. The van der Waals surface area contributed by atoms with Crippen LogP contribution in [0.2, 0.25) is 0 Å². The Morgan fingerprint density at radius 1 is 1.39 bits per heavy atom. The summed E-state index contributed by atoms with van der Waals surface area (Å²) in [6.07, 6.45) is -4.67. The van der Waals surface area contributed by atoms with Crippen LogP contribution in [0.4, 0.5) is 19.0 Å². The van der Waals surface area contributed by atoms with E-state index in [4.69, 9.17) is 0 Å². The molecule has 0 atom stereocenters. The predicted octanol–water partition coefficient (Wildman–Crippen LogP) is 1.35. The first-order chi connectivity index (χ1) is 10.7. The number of carboxylic acids is 1. The van der Waals surface area contributed by atoms with Gasteiger partial charge in [0.05, 0.1) is 13.6 Å². The number of pyridine rings is 1. The Labute approximate surface area is 128 Å². The van der Waals surface area contributed by atoms with Crippen LogP contribution in [0.3, 0.4) is 0 Å². The van der Waals surface area contributed by atoms with Gasteiger partial charge in [0.25, 0.3) is 0 Å². The summed E-state index contributed by atoms with van der Waals surface area (Å²) in [7, 11) is 1.54. The maximum absolute atomic E-state index is 12.8. The van der Waals surface area contributed by atoms with Crippen molar-refractivity contribution >= 4 is 11.8 Å². The average Bonchev–Trinajstić information content (AvgIpc) is 2.88. The standard InChI is InChI=1S/C12H13F3N6O2/c1-3-21(6-9-17-19-20(2)18-9)10-7(11(22)23)4-5-8(16-10)12(13,14)15/h4-5H,3,6H2,1-2H3,(H,22,23). The summed E-state index contributed by atoms with van der Waals surface area (Å²) in [5, 5.41) is 20.5. The number of aromatic carboxylic acids is 1. The number of carbonyl (C=O) groups is 1. The minimum atomic E-state index is -4.67. The molecule has 2 heterocycles. The molecule has 0 aromatic carbocycles. The molecule has 0 saturated carbocycles. The number of rotatable bonds is 5. The van der Waals surface area contributed by atoms with Crippen LogP contribution in [0.15, 0.2) is 12.1 Å². The van der Waals surface area contributed by atoms with Gasteiger partial charge >= 0.3 is 12.1 Å². The number of aryl methyl sites for hydroxylation is 1. The number of tetrazole rings is 1. The summed E-state index contributed by atoms with van der Waals surface area (Å²) in [4.78, 5) is 17.3. The van der Waals surface area contributed by atoms with E-state index >= 15 is 0 Å². The van der Waals surface area contributed by atoms with Crippen molar-refractivity contribution < 1.29 is 23.1 Å². The molecule has 0 unspecified atom stereocenters. The third-order valence-corrected chi connectivity index (χ3v) is 2.96. The highest BCUT2D eigenvalue weighted by Crippen LogP contribution is 2.30. The lowest BCUT2D eigenvalue weighted by Crippen LogP contribution is -2.27. The van der Waals surface area contributed by atoms with Crippen LogP contribution < -0.4 is 4.90 Å². The first kappa shape index (κ1) is 16.6. The van der Waals surface area contributed by atoms with Crippen LogP contribution in [-0.2, 0) is 19.8 Å². The summed E-state index contributed by atoms with van der Waals surface area (Å²) in [6.45, 7) is 1.86. The Kier molecular flexibility index (Phi) is 4.48. The van der Waals surface area contributed by atoms with Gasteiger partial charge in [0, 0.05) is 6.54 Å². The number of anilines is 1. The molecular formula is C12H13F3N6O2. The number of hydrogen-bond acceptors (Lipinski definition) is 6. The van der Waals surface area contributed by atoms with Crippen molar-refractivity contribution in [1.82, 2.24) is 25.2 Å². The number of alkyl halides is 3. The number of nitrogens with zero attached hydrogens (tertiary/aromatic N) is 6. The summed E-state index contributed by atoms with van der Waals surface area (Å²) >= 11 is 0. The van der Waals surface area contributed by atoms with E-state index in [0.29, 0.717) is 6.07 Å². The third kappa shape index (κ3) is 3.73. The summed E-state index contributed by atoms with van der Waals surface area (Å²) in [5.41, 5.74) is -1.49. The highest BCUT2D eigenvalue weighted by molar-refractivity contribution is 5.93. The van der Waals surface area contributed by atoms with Crippen LogP contribution in [0, 0.1) is 0 Å². The van der Waals surface area contributed by atoms with Crippen molar-refractivity contribution in [2.75, 3.05) is 11.4 Å². The molecule has 124 valence electrons. The molecule has 0 radical (unpaired) electrons. The normalized spacial score (nSPS) is 11.5. The molecule has 8 nitrogen and oxygen atoms in total. The zero-order valence-corrected chi connectivity index (χ0v) is 12.2. The first-order valence-electron chi connectivity index (χ1n) is 6.51. The third-order valence-electron chi connectivity index (χ3n) is 2.96. The highest BCUT2D eigenvalue weighted by Gasteiger charge is 2.34. The number of halogens is 3. The van der Waals surface area contributed by atoms with Crippen LogP contribution in [0.25, 0.3) is 0 Å². The average molecular weight is 330 g/mol. The van der Waals surface area contributed by atoms with E-state index in [9.17, 15) is 23.1 Å². The van der Waals surface area contributed by atoms with Gasteiger partial charge in [-0.05, 0) is 24.3 Å². The van der Waals surface area contributed by atoms with E-state index in [1.54, 1.807) is 6.92 Å². The summed E-state index contributed by atoms with van der Waals surface area (Å²) in [6, 6.07) is 1.53. The molecule has 0 amide bonds. The van der Waals surface area contributed by atoms with Crippen molar-refractivity contribution in [1.29, 1.82) is 0 Å². The van der Waals surface area contributed by atoms with E-state index in [1.807, 2.05) is 0 Å². The largest absolute Gasteiger partial charge is 0.478 e. The Morgan fingerprint density at radius 3 is 2.57 bits per heavy atom. The lowest BCUT2D eigenvalue weighted by Gasteiger charge is -2.22. The van der Waals surface area contributed by atoms with Crippen molar-refractivity contribution in [2.45, 2.75) is 19.6 Å². The molecule has 1 N–H and O–H groups in total. The summed E-state index contributed by atoms with van der Waals surface area (Å²) in [5.74, 6) is -1.42. The molecule has 11 heteroatoms. The molecule has 2 rings (SSSR count). The monoisotopic (exact) mass is 330 g/mol. The fourth-order valence-corrected chi connectivity index (χ4v) is 1.91. The maximum atomic E-state index is 12.8. The highest BCUT2D eigenvalue weighted by atomic mass is 19.4. The second-order valence-electron chi connectivity index (χ2n) is 4.58. The van der Waals surface area contributed by atoms with E-state index in [1.165, 1.54) is 16.7 Å². The second-order valence-corrected chi connectivity index (χ2v) is 4.58. The number of aromatic nitrogens is 5. The number of carboxylic acid groups (broad SMARTS) is 1. The minimum absolute atomic E-state index is 0.0149. The lowest BCUT2D eigenvalue weighted by atomic mass is 10.2. The van der Waals surface area contributed by atoms with Crippen LogP contribution in [0.1, 0.15) is 28.8 Å². The lowest BCUT2D eigenvalue weighted by molar-refractivity contribution is -0.141. The van der Waals surface area contributed by atoms with Crippen molar-refractivity contribution in [3.63, 3.8) is 0 Å². The van der Waals surface area contributed by atoms with Crippen LogP contribution >= 0.6 is 0 Å². The molecule has 0 saturated heterocycles. The fourth-order valence-electron chi connectivity index (χ4n) is 1.91. The van der Waals surface area contributed by atoms with Crippen LogP contribution in [0.5, 0.6) is 0 Å². The van der Waals surface area contributed by atoms with Crippen molar-refractivity contribution in [3.8, 4) is 0 Å². The van der Waals surface area contributed by atoms with Gasteiger partial charge < -0.3 is 10.0 Å². The Morgan fingerprint density at radius 2 is 2.09 bits per heavy atom.